The van der Waals surface area contributed by atoms with Crippen molar-refractivity contribution in [2.24, 2.45) is 0 Å². The number of nitro groups is 1. The summed E-state index contributed by atoms with van der Waals surface area (Å²) in [7, 11) is 0. The minimum absolute atomic E-state index is 0.0382. The Balaban J connectivity index is 2.13. The first kappa shape index (κ1) is 13.0. The van der Waals surface area contributed by atoms with Crippen LogP contribution in [-0.2, 0) is 4.79 Å². The molecule has 1 aromatic carbocycles. The van der Waals surface area contributed by atoms with Gasteiger partial charge in [0.25, 0.3) is 10.9 Å². The van der Waals surface area contributed by atoms with Gasteiger partial charge < -0.3 is 9.52 Å². The fourth-order valence-corrected chi connectivity index (χ4v) is 1.72. The maximum Gasteiger partial charge on any atom is 0.314 e. The highest BCUT2D eigenvalue weighted by Gasteiger charge is 2.12. The highest BCUT2D eigenvalue weighted by Crippen LogP contribution is 2.24. The fraction of sp³-hybridized carbons (Fsp3) is 0.100. The number of nitro benzene ring substituents is 1. The second-order valence-electron chi connectivity index (χ2n) is 3.36. The molecule has 0 spiro atoms. The Kier molecular flexibility index (Phi) is 3.76. The molecule has 0 saturated heterocycles. The molecule has 1 N–H and O–H groups in total. The summed E-state index contributed by atoms with van der Waals surface area (Å²) in [6, 6.07) is 5.61. The zero-order chi connectivity index (χ0) is 13.8. The van der Waals surface area contributed by atoms with Gasteiger partial charge in [0.2, 0.25) is 5.89 Å². The van der Waals surface area contributed by atoms with Gasteiger partial charge in [-0.05, 0) is 12.1 Å². The van der Waals surface area contributed by atoms with Crippen LogP contribution in [0.5, 0.6) is 0 Å². The molecule has 0 aliphatic carbocycles. The minimum Gasteiger partial charge on any atom is -0.481 e. The van der Waals surface area contributed by atoms with E-state index in [1.54, 1.807) is 0 Å². The number of carboxylic acid groups (broad SMARTS) is 1. The number of aromatic nitrogens is 2. The number of rotatable bonds is 5. The first-order valence-electron chi connectivity index (χ1n) is 4.99. The third-order valence-electron chi connectivity index (χ3n) is 2.05. The zero-order valence-electron chi connectivity index (χ0n) is 9.35. The Morgan fingerprint density at radius 3 is 2.63 bits per heavy atom. The number of benzene rings is 1. The molecule has 19 heavy (non-hydrogen) atoms. The van der Waals surface area contributed by atoms with Crippen molar-refractivity contribution in [1.82, 2.24) is 10.2 Å². The van der Waals surface area contributed by atoms with Crippen molar-refractivity contribution < 1.29 is 19.2 Å². The molecule has 0 aliphatic heterocycles. The molecule has 0 amide bonds. The Morgan fingerprint density at radius 2 is 2.05 bits per heavy atom. The zero-order valence-corrected chi connectivity index (χ0v) is 10.2. The number of nitrogens with zero attached hydrogens (tertiary/aromatic N) is 3. The summed E-state index contributed by atoms with van der Waals surface area (Å²) in [6.45, 7) is 0. The molecule has 1 aromatic heterocycles. The molecular weight excluding hydrogens is 274 g/mol. The van der Waals surface area contributed by atoms with Crippen LogP contribution in [0.3, 0.4) is 0 Å². The number of hydrogen-bond donors (Lipinski definition) is 1. The van der Waals surface area contributed by atoms with Gasteiger partial charge in [-0.2, -0.15) is 0 Å². The maximum absolute atomic E-state index is 10.5. The number of hydrogen-bond acceptors (Lipinski definition) is 7. The molecule has 8 nitrogen and oxygen atoms in total. The monoisotopic (exact) mass is 281 g/mol. The van der Waals surface area contributed by atoms with E-state index in [1.807, 2.05) is 0 Å². The molecule has 98 valence electrons. The van der Waals surface area contributed by atoms with E-state index in [0.29, 0.717) is 5.56 Å². The van der Waals surface area contributed by atoms with Crippen LogP contribution in [0.15, 0.2) is 33.9 Å². The van der Waals surface area contributed by atoms with Gasteiger partial charge in [-0.25, -0.2) is 0 Å². The van der Waals surface area contributed by atoms with Crippen molar-refractivity contribution in [3.8, 4) is 11.5 Å². The maximum atomic E-state index is 10.5. The summed E-state index contributed by atoms with van der Waals surface area (Å²) >= 11 is 0.904. The topological polar surface area (TPSA) is 119 Å². The van der Waals surface area contributed by atoms with Crippen LogP contribution in [0.4, 0.5) is 5.69 Å². The van der Waals surface area contributed by atoms with Gasteiger partial charge in [0, 0.05) is 17.7 Å². The predicted molar refractivity (Wildman–Crippen MR) is 64.7 cm³/mol. The van der Waals surface area contributed by atoms with E-state index in [0.717, 1.165) is 11.8 Å². The number of aliphatic carboxylic acids is 1. The molecule has 1 heterocycles. The van der Waals surface area contributed by atoms with E-state index in [4.69, 9.17) is 9.52 Å². The van der Waals surface area contributed by atoms with Gasteiger partial charge >= 0.3 is 5.97 Å². The van der Waals surface area contributed by atoms with Crippen LogP contribution in [0.1, 0.15) is 0 Å². The second-order valence-corrected chi connectivity index (χ2v) is 4.29. The van der Waals surface area contributed by atoms with Gasteiger partial charge in [-0.15, -0.1) is 10.2 Å². The van der Waals surface area contributed by atoms with E-state index < -0.39 is 10.9 Å². The summed E-state index contributed by atoms with van der Waals surface area (Å²) in [5.41, 5.74) is 0.490. The molecule has 0 saturated carbocycles. The molecule has 2 aromatic rings. The summed E-state index contributed by atoms with van der Waals surface area (Å²) in [6.07, 6.45) is 0. The lowest BCUT2D eigenvalue weighted by Gasteiger charge is -1.94. The Hall–Kier alpha value is -2.42. The lowest BCUT2D eigenvalue weighted by molar-refractivity contribution is -0.384. The van der Waals surface area contributed by atoms with Gasteiger partial charge in [0.15, 0.2) is 0 Å². The highest BCUT2D eigenvalue weighted by molar-refractivity contribution is 7.99. The van der Waals surface area contributed by atoms with Gasteiger partial charge in [-0.1, -0.05) is 11.8 Å². The van der Waals surface area contributed by atoms with Crippen molar-refractivity contribution in [2.75, 3.05) is 5.75 Å². The normalized spacial score (nSPS) is 10.3. The average Bonchev–Trinajstić information content (AvgIpc) is 2.85. The third kappa shape index (κ3) is 3.28. The number of thioether (sulfide) groups is 1. The van der Waals surface area contributed by atoms with Crippen LogP contribution >= 0.6 is 11.8 Å². The van der Waals surface area contributed by atoms with E-state index in [2.05, 4.69) is 10.2 Å². The fourth-order valence-electron chi connectivity index (χ4n) is 1.23. The first-order valence-corrected chi connectivity index (χ1v) is 5.98. The van der Waals surface area contributed by atoms with Crippen LogP contribution in [-0.4, -0.2) is 31.9 Å². The predicted octanol–water partition coefficient (Wildman–Crippen LogP) is 1.82. The summed E-state index contributed by atoms with van der Waals surface area (Å²) in [5, 5.41) is 26.5. The number of carboxylic acids is 1. The average molecular weight is 281 g/mol. The van der Waals surface area contributed by atoms with E-state index in [9.17, 15) is 14.9 Å². The summed E-state index contributed by atoms with van der Waals surface area (Å²) in [5.74, 6) is -0.982. The largest absolute Gasteiger partial charge is 0.481 e. The quantitative estimate of drug-likeness (QED) is 0.500. The smallest absolute Gasteiger partial charge is 0.314 e. The third-order valence-corrected chi connectivity index (χ3v) is 2.85. The second kappa shape index (κ2) is 5.48. The van der Waals surface area contributed by atoms with E-state index in [1.165, 1.54) is 24.3 Å². The van der Waals surface area contributed by atoms with E-state index in [-0.39, 0.29) is 22.6 Å². The van der Waals surface area contributed by atoms with E-state index >= 15 is 0 Å². The van der Waals surface area contributed by atoms with Crippen LogP contribution in [0, 0.1) is 10.1 Å². The van der Waals surface area contributed by atoms with Crippen molar-refractivity contribution in [3.05, 3.63) is 34.4 Å². The molecule has 0 fully saturated rings. The van der Waals surface area contributed by atoms with Crippen molar-refractivity contribution in [1.29, 1.82) is 0 Å². The van der Waals surface area contributed by atoms with Crippen LogP contribution < -0.4 is 0 Å². The molecule has 0 atom stereocenters. The van der Waals surface area contributed by atoms with Crippen molar-refractivity contribution in [3.63, 3.8) is 0 Å². The van der Waals surface area contributed by atoms with Crippen molar-refractivity contribution in [2.45, 2.75) is 5.22 Å². The molecule has 9 heteroatoms. The Bertz CT molecular complexity index is 610. The first-order chi connectivity index (χ1) is 9.06. The summed E-state index contributed by atoms with van der Waals surface area (Å²) < 4.78 is 5.23. The Labute approximate surface area is 110 Å². The molecule has 0 bridgehead atoms. The standard InChI is InChI=1S/C10H7N3O5S/c14-8(15)5-19-10-12-11-9(18-10)6-1-3-7(4-2-6)13(16)17/h1-4H,5H2,(H,14,15). The number of carbonyl (C=O) groups is 1. The van der Waals surface area contributed by atoms with Crippen molar-refractivity contribution >= 4 is 23.4 Å². The lowest BCUT2D eigenvalue weighted by atomic mass is 10.2. The highest BCUT2D eigenvalue weighted by atomic mass is 32.2. The SMILES string of the molecule is O=C(O)CSc1nnc(-c2ccc([N+](=O)[O-])cc2)o1. The molecular formula is C10H7N3O5S. The molecule has 0 aliphatic rings. The van der Waals surface area contributed by atoms with Gasteiger partial charge in [0.05, 0.1) is 4.92 Å². The van der Waals surface area contributed by atoms with Crippen LogP contribution in [0.2, 0.25) is 0 Å². The number of non-ortho nitro benzene ring substituents is 1. The molecule has 0 radical (unpaired) electrons. The van der Waals surface area contributed by atoms with Gasteiger partial charge in [-0.3, -0.25) is 14.9 Å². The molecule has 2 rings (SSSR count). The lowest BCUT2D eigenvalue weighted by Crippen LogP contribution is -1.97. The van der Waals surface area contributed by atoms with Crippen LogP contribution in [0.25, 0.3) is 11.5 Å². The molecule has 0 unspecified atom stereocenters. The summed E-state index contributed by atoms with van der Waals surface area (Å²) in [4.78, 5) is 20.4. The Morgan fingerprint density at radius 1 is 1.37 bits per heavy atom. The van der Waals surface area contributed by atoms with Gasteiger partial charge in [0.1, 0.15) is 5.75 Å². The minimum atomic E-state index is -0.986.